The molecule has 0 heterocycles. The molecule has 28 heavy (non-hydrogen) atoms. The number of nitro groups is 1. The van der Waals surface area contributed by atoms with Crippen molar-refractivity contribution in [3.8, 4) is 0 Å². The van der Waals surface area contributed by atoms with Crippen molar-refractivity contribution in [3.63, 3.8) is 0 Å². The van der Waals surface area contributed by atoms with Crippen LogP contribution in [0.5, 0.6) is 0 Å². The van der Waals surface area contributed by atoms with E-state index in [4.69, 9.17) is 4.74 Å². The maximum Gasteiger partial charge on any atom is 0.341 e. The summed E-state index contributed by atoms with van der Waals surface area (Å²) in [5, 5.41) is 14.0. The van der Waals surface area contributed by atoms with Gasteiger partial charge in [0.25, 0.3) is 11.6 Å². The largest absolute Gasteiger partial charge is 0.449 e. The third kappa shape index (κ3) is 4.99. The van der Waals surface area contributed by atoms with Crippen molar-refractivity contribution in [3.05, 3.63) is 33.9 Å². The van der Waals surface area contributed by atoms with Crippen LogP contribution in [0.1, 0.15) is 50.4 Å². The molecule has 154 valence electrons. The van der Waals surface area contributed by atoms with Crippen molar-refractivity contribution in [2.75, 3.05) is 19.0 Å². The number of carbonyl (C=O) groups excluding carboxylic acids is 2. The van der Waals surface area contributed by atoms with Gasteiger partial charge in [0.05, 0.1) is 16.2 Å². The average Bonchev–Trinajstić information content (AvgIpc) is 2.64. The van der Waals surface area contributed by atoms with Gasteiger partial charge in [0.2, 0.25) is 0 Å². The van der Waals surface area contributed by atoms with Gasteiger partial charge in [-0.15, -0.1) is 0 Å². The summed E-state index contributed by atoms with van der Waals surface area (Å²) in [4.78, 5) is 37.3. The quantitative estimate of drug-likeness (QED) is 0.454. The Kier molecular flexibility index (Phi) is 6.99. The van der Waals surface area contributed by atoms with E-state index in [1.54, 1.807) is 19.0 Å². The maximum absolute atomic E-state index is 12.6. The number of non-ortho nitro benzene ring substituents is 1. The van der Waals surface area contributed by atoms with E-state index in [0.29, 0.717) is 17.5 Å². The van der Waals surface area contributed by atoms with Gasteiger partial charge in [-0.2, -0.15) is 0 Å². The molecule has 8 nitrogen and oxygen atoms in total. The molecule has 0 saturated heterocycles. The normalized spacial score (nSPS) is 22.8. The first-order valence-electron chi connectivity index (χ1n) is 9.59. The van der Waals surface area contributed by atoms with Crippen LogP contribution >= 0.6 is 0 Å². The highest BCUT2D eigenvalue weighted by Gasteiger charge is 2.30. The summed E-state index contributed by atoms with van der Waals surface area (Å²) in [5.41, 5.74) is 0.330. The molecule has 8 heteroatoms. The molecule has 1 N–H and O–H groups in total. The van der Waals surface area contributed by atoms with Crippen LogP contribution < -0.4 is 10.2 Å². The summed E-state index contributed by atoms with van der Waals surface area (Å²) in [6.07, 6.45) is 2.13. The van der Waals surface area contributed by atoms with Crippen molar-refractivity contribution in [2.24, 2.45) is 11.8 Å². The fourth-order valence-electron chi connectivity index (χ4n) is 3.55. The summed E-state index contributed by atoms with van der Waals surface area (Å²) in [5.74, 6) is -0.224. The van der Waals surface area contributed by atoms with E-state index in [9.17, 15) is 19.7 Å². The Morgan fingerprint density at radius 3 is 2.57 bits per heavy atom. The minimum Gasteiger partial charge on any atom is -0.449 e. The van der Waals surface area contributed by atoms with Gasteiger partial charge in [-0.3, -0.25) is 14.9 Å². The predicted octanol–water partition coefficient (Wildman–Crippen LogP) is 3.15. The number of nitrogens with zero attached hydrogens (tertiary/aromatic N) is 2. The molecule has 1 fully saturated rings. The highest BCUT2D eigenvalue weighted by molar-refractivity contribution is 5.98. The first-order valence-corrected chi connectivity index (χ1v) is 9.59. The number of nitrogens with one attached hydrogen (secondary N) is 1. The Morgan fingerprint density at radius 2 is 1.96 bits per heavy atom. The Balaban J connectivity index is 2.10. The molecule has 0 aliphatic heterocycles. The minimum atomic E-state index is -0.994. The SMILES string of the molecule is C[C@@H]1[C@H](C)CCC[C@@H]1NC(=O)[C@@H](C)OC(=O)c1cc([N+](=O)[O-])ccc1N(C)C. The molecule has 0 unspecified atom stereocenters. The van der Waals surface area contributed by atoms with Crippen LogP contribution in [0, 0.1) is 22.0 Å². The molecule has 1 amide bonds. The molecule has 0 aromatic heterocycles. The second-order valence-corrected chi connectivity index (χ2v) is 7.78. The van der Waals surface area contributed by atoms with E-state index >= 15 is 0 Å². The number of benzene rings is 1. The third-order valence-electron chi connectivity index (χ3n) is 5.58. The van der Waals surface area contributed by atoms with E-state index < -0.39 is 17.0 Å². The van der Waals surface area contributed by atoms with E-state index in [1.165, 1.54) is 25.1 Å². The molecule has 1 aromatic carbocycles. The molecule has 0 radical (unpaired) electrons. The lowest BCUT2D eigenvalue weighted by Crippen LogP contribution is -2.47. The average molecular weight is 391 g/mol. The van der Waals surface area contributed by atoms with Crippen molar-refractivity contribution in [1.29, 1.82) is 0 Å². The molecule has 0 bridgehead atoms. The summed E-state index contributed by atoms with van der Waals surface area (Å²) in [6, 6.07) is 4.05. The number of rotatable bonds is 6. The van der Waals surface area contributed by atoms with Gasteiger partial charge in [-0.05, 0) is 31.2 Å². The van der Waals surface area contributed by atoms with Gasteiger partial charge in [0, 0.05) is 32.3 Å². The number of amides is 1. The van der Waals surface area contributed by atoms with Gasteiger partial charge >= 0.3 is 5.97 Å². The maximum atomic E-state index is 12.6. The van der Waals surface area contributed by atoms with Crippen molar-refractivity contribution >= 4 is 23.3 Å². The van der Waals surface area contributed by atoms with Crippen LogP contribution in [0.2, 0.25) is 0 Å². The lowest BCUT2D eigenvalue weighted by molar-refractivity contribution is -0.384. The summed E-state index contributed by atoms with van der Waals surface area (Å²) < 4.78 is 5.33. The van der Waals surface area contributed by atoms with E-state index in [2.05, 4.69) is 19.2 Å². The fourth-order valence-corrected chi connectivity index (χ4v) is 3.55. The summed E-state index contributed by atoms with van der Waals surface area (Å²) in [6.45, 7) is 5.81. The Hall–Kier alpha value is -2.64. The van der Waals surface area contributed by atoms with Crippen LogP contribution in [0.25, 0.3) is 0 Å². The fraction of sp³-hybridized carbons (Fsp3) is 0.600. The van der Waals surface area contributed by atoms with Crippen LogP contribution in [-0.2, 0) is 9.53 Å². The smallest absolute Gasteiger partial charge is 0.341 e. The van der Waals surface area contributed by atoms with Crippen LogP contribution in [0.15, 0.2) is 18.2 Å². The number of ether oxygens (including phenoxy) is 1. The predicted molar refractivity (Wildman–Crippen MR) is 106 cm³/mol. The number of hydrogen-bond donors (Lipinski definition) is 1. The Bertz CT molecular complexity index is 749. The molecule has 1 aliphatic carbocycles. The van der Waals surface area contributed by atoms with Gasteiger partial charge in [-0.1, -0.05) is 26.7 Å². The highest BCUT2D eigenvalue weighted by Crippen LogP contribution is 2.30. The van der Waals surface area contributed by atoms with Crippen molar-refractivity contribution < 1.29 is 19.2 Å². The number of carbonyl (C=O) groups is 2. The second-order valence-electron chi connectivity index (χ2n) is 7.78. The van der Waals surface area contributed by atoms with Crippen LogP contribution in [0.3, 0.4) is 0 Å². The molecule has 1 saturated carbocycles. The summed E-state index contributed by atoms with van der Waals surface area (Å²) in [7, 11) is 3.44. The van der Waals surface area contributed by atoms with Gasteiger partial charge < -0.3 is 15.0 Å². The molecule has 1 aromatic rings. The number of anilines is 1. The third-order valence-corrected chi connectivity index (χ3v) is 5.58. The van der Waals surface area contributed by atoms with E-state index in [-0.39, 0.29) is 23.2 Å². The topological polar surface area (TPSA) is 102 Å². The number of esters is 1. The van der Waals surface area contributed by atoms with E-state index in [0.717, 1.165) is 19.3 Å². The lowest BCUT2D eigenvalue weighted by atomic mass is 9.78. The standard InChI is InChI=1S/C20H29N3O5/c1-12-7-6-8-17(13(12)2)21-19(24)14(3)28-20(25)16-11-15(23(26)27)9-10-18(16)22(4)5/h9-14,17H,6-8H2,1-5H3,(H,21,24)/t12-,13-,14-,17+/m1/s1. The first-order chi connectivity index (χ1) is 13.1. The van der Waals surface area contributed by atoms with Crippen molar-refractivity contribution in [2.45, 2.75) is 52.2 Å². The molecular formula is C20H29N3O5. The molecule has 2 rings (SSSR count). The monoisotopic (exact) mass is 391 g/mol. The van der Waals surface area contributed by atoms with Gasteiger partial charge in [-0.25, -0.2) is 4.79 Å². The molecule has 0 spiro atoms. The zero-order valence-electron chi connectivity index (χ0n) is 17.1. The molecular weight excluding hydrogens is 362 g/mol. The Labute approximate surface area is 165 Å². The van der Waals surface area contributed by atoms with E-state index in [1.807, 2.05) is 0 Å². The van der Waals surface area contributed by atoms with Gasteiger partial charge in [0.15, 0.2) is 6.10 Å². The Morgan fingerprint density at radius 1 is 1.29 bits per heavy atom. The molecule has 4 atom stereocenters. The minimum absolute atomic E-state index is 0.0542. The lowest BCUT2D eigenvalue weighted by Gasteiger charge is -2.35. The number of hydrogen-bond acceptors (Lipinski definition) is 6. The zero-order valence-corrected chi connectivity index (χ0v) is 17.1. The highest BCUT2D eigenvalue weighted by atomic mass is 16.6. The summed E-state index contributed by atoms with van der Waals surface area (Å²) >= 11 is 0. The molecule has 1 aliphatic rings. The zero-order chi connectivity index (χ0) is 21.0. The van der Waals surface area contributed by atoms with Crippen LogP contribution in [-0.4, -0.2) is 43.0 Å². The number of nitro benzene ring substituents is 1. The second kappa shape index (κ2) is 9.03. The first kappa shape index (κ1) is 21.7. The van der Waals surface area contributed by atoms with Gasteiger partial charge in [0.1, 0.15) is 0 Å². The van der Waals surface area contributed by atoms with Crippen molar-refractivity contribution in [1.82, 2.24) is 5.32 Å². The van der Waals surface area contributed by atoms with Crippen LogP contribution in [0.4, 0.5) is 11.4 Å².